The van der Waals surface area contributed by atoms with E-state index in [9.17, 15) is 0 Å². The predicted octanol–water partition coefficient (Wildman–Crippen LogP) is 1.25. The summed E-state index contributed by atoms with van der Waals surface area (Å²) in [6.45, 7) is 0. The van der Waals surface area contributed by atoms with Crippen molar-refractivity contribution in [2.45, 2.75) is 18.8 Å². The topological polar surface area (TPSA) is 77.8 Å². The van der Waals surface area contributed by atoms with Crippen molar-refractivity contribution in [1.82, 2.24) is 10.2 Å². The van der Waals surface area contributed by atoms with Crippen LogP contribution in [0.25, 0.3) is 0 Å². The lowest BCUT2D eigenvalue weighted by Crippen LogP contribution is -2.12. The molecule has 0 radical (unpaired) electrons. The zero-order valence-electron chi connectivity index (χ0n) is 7.94. The van der Waals surface area contributed by atoms with Gasteiger partial charge in [0.2, 0.25) is 0 Å². The van der Waals surface area contributed by atoms with Crippen LogP contribution in [0.1, 0.15) is 24.5 Å². The van der Waals surface area contributed by atoms with Crippen LogP contribution < -0.4 is 11.5 Å². The molecule has 0 aromatic carbocycles. The van der Waals surface area contributed by atoms with E-state index in [2.05, 4.69) is 10.2 Å². The molecule has 0 spiro atoms. The molecule has 0 aliphatic carbocycles. The lowest BCUT2D eigenvalue weighted by atomic mass is 10.0. The molecule has 14 heavy (non-hydrogen) atoms. The van der Waals surface area contributed by atoms with E-state index < -0.39 is 0 Å². The average Bonchev–Trinajstić information content (AvgIpc) is 2.23. The van der Waals surface area contributed by atoms with E-state index in [1.54, 1.807) is 0 Å². The number of hydrogen-bond donors (Lipinski definition) is 2. The first kappa shape index (κ1) is 9.58. The second-order valence-corrected chi connectivity index (χ2v) is 4.67. The van der Waals surface area contributed by atoms with E-state index in [4.69, 9.17) is 11.5 Å². The fourth-order valence-electron chi connectivity index (χ4n) is 1.60. The number of thioether (sulfide) groups is 1. The minimum absolute atomic E-state index is 0.331. The number of aromatic nitrogens is 2. The van der Waals surface area contributed by atoms with Gasteiger partial charge < -0.3 is 11.5 Å². The molecule has 76 valence electrons. The maximum absolute atomic E-state index is 5.69. The van der Waals surface area contributed by atoms with Gasteiger partial charge in [-0.15, -0.1) is 5.10 Å². The summed E-state index contributed by atoms with van der Waals surface area (Å²) < 4.78 is 0. The van der Waals surface area contributed by atoms with Crippen molar-refractivity contribution in [1.29, 1.82) is 0 Å². The van der Waals surface area contributed by atoms with E-state index >= 15 is 0 Å². The molecule has 0 amide bonds. The third kappa shape index (κ3) is 1.92. The van der Waals surface area contributed by atoms with Gasteiger partial charge in [0.25, 0.3) is 0 Å². The Morgan fingerprint density at radius 1 is 1.36 bits per heavy atom. The van der Waals surface area contributed by atoms with Crippen molar-refractivity contribution in [2.24, 2.45) is 0 Å². The molecule has 1 saturated heterocycles. The molecule has 2 rings (SSSR count). The van der Waals surface area contributed by atoms with Gasteiger partial charge in [-0.1, -0.05) is 0 Å². The third-order valence-electron chi connectivity index (χ3n) is 2.45. The summed E-state index contributed by atoms with van der Waals surface area (Å²) in [5.74, 6) is 3.22. The van der Waals surface area contributed by atoms with Crippen LogP contribution in [0.4, 0.5) is 11.5 Å². The van der Waals surface area contributed by atoms with Crippen LogP contribution >= 0.6 is 11.8 Å². The quantitative estimate of drug-likeness (QED) is 0.729. The highest BCUT2D eigenvalue weighted by atomic mass is 32.2. The Kier molecular flexibility index (Phi) is 2.77. The van der Waals surface area contributed by atoms with Crippen LogP contribution in [0.15, 0.2) is 6.07 Å². The van der Waals surface area contributed by atoms with E-state index in [0.717, 1.165) is 11.4 Å². The van der Waals surface area contributed by atoms with Crippen LogP contribution in [0.2, 0.25) is 0 Å². The van der Waals surface area contributed by atoms with Gasteiger partial charge >= 0.3 is 0 Å². The molecule has 5 heteroatoms. The average molecular weight is 210 g/mol. The highest BCUT2D eigenvalue weighted by molar-refractivity contribution is 7.99. The van der Waals surface area contributed by atoms with Gasteiger partial charge in [-0.3, -0.25) is 0 Å². The standard InChI is InChI=1S/C9H14N4S/c10-7-4-8(12-13-9(7)11)6-2-1-3-14-5-6/h4,6H,1-3,5H2,(H2,10,12)(H2,11,13). The molecule has 1 aromatic rings. The first-order valence-electron chi connectivity index (χ1n) is 4.73. The smallest absolute Gasteiger partial charge is 0.169 e. The maximum Gasteiger partial charge on any atom is 0.169 e. The molecule has 0 bridgehead atoms. The van der Waals surface area contributed by atoms with E-state index in [0.29, 0.717) is 17.4 Å². The zero-order chi connectivity index (χ0) is 9.97. The largest absolute Gasteiger partial charge is 0.396 e. The summed E-state index contributed by atoms with van der Waals surface area (Å²) in [6.07, 6.45) is 2.44. The molecule has 1 aliphatic heterocycles. The molecule has 1 aliphatic rings. The molecule has 1 atom stereocenters. The summed E-state index contributed by atoms with van der Waals surface area (Å²) in [7, 11) is 0. The Hall–Kier alpha value is -0.970. The molecule has 1 aromatic heterocycles. The van der Waals surface area contributed by atoms with Gasteiger partial charge in [0.05, 0.1) is 11.4 Å². The zero-order valence-corrected chi connectivity index (χ0v) is 8.76. The molecule has 4 N–H and O–H groups in total. The number of anilines is 2. The monoisotopic (exact) mass is 210 g/mol. The molecule has 0 saturated carbocycles. The number of hydrogen-bond acceptors (Lipinski definition) is 5. The Morgan fingerprint density at radius 2 is 2.21 bits per heavy atom. The van der Waals surface area contributed by atoms with Crippen LogP contribution in [-0.4, -0.2) is 21.7 Å². The summed E-state index contributed by atoms with van der Waals surface area (Å²) in [5, 5.41) is 7.94. The molecule has 1 unspecified atom stereocenters. The number of nitrogens with two attached hydrogens (primary N) is 2. The van der Waals surface area contributed by atoms with Crippen molar-refractivity contribution in [2.75, 3.05) is 23.0 Å². The summed E-state index contributed by atoms with van der Waals surface area (Å²) >= 11 is 1.97. The fraction of sp³-hybridized carbons (Fsp3) is 0.556. The second kappa shape index (κ2) is 4.04. The summed E-state index contributed by atoms with van der Waals surface area (Å²) in [5.41, 5.74) is 12.7. The van der Waals surface area contributed by atoms with E-state index in [1.807, 2.05) is 17.8 Å². The van der Waals surface area contributed by atoms with Crippen molar-refractivity contribution < 1.29 is 0 Å². The van der Waals surface area contributed by atoms with Crippen LogP contribution in [0, 0.1) is 0 Å². The normalized spacial score (nSPS) is 22.1. The summed E-state index contributed by atoms with van der Waals surface area (Å²) in [6, 6.07) is 1.86. The minimum atomic E-state index is 0.331. The Labute approximate surface area is 87.5 Å². The molecular formula is C9H14N4S. The Balaban J connectivity index is 2.18. The molecule has 2 heterocycles. The lowest BCUT2D eigenvalue weighted by Gasteiger charge is -2.20. The van der Waals surface area contributed by atoms with E-state index in [-0.39, 0.29) is 0 Å². The Bertz CT molecular complexity index is 323. The lowest BCUT2D eigenvalue weighted by molar-refractivity contribution is 0.634. The predicted molar refractivity (Wildman–Crippen MR) is 60.2 cm³/mol. The summed E-state index contributed by atoms with van der Waals surface area (Å²) in [4.78, 5) is 0. The van der Waals surface area contributed by atoms with Crippen molar-refractivity contribution in [3.8, 4) is 0 Å². The maximum atomic E-state index is 5.69. The molecule has 4 nitrogen and oxygen atoms in total. The molecule has 1 fully saturated rings. The van der Waals surface area contributed by atoms with Gasteiger partial charge in [-0.05, 0) is 24.7 Å². The van der Waals surface area contributed by atoms with E-state index in [1.165, 1.54) is 18.6 Å². The second-order valence-electron chi connectivity index (χ2n) is 3.52. The fourth-order valence-corrected chi connectivity index (χ4v) is 2.76. The van der Waals surface area contributed by atoms with Crippen molar-refractivity contribution >= 4 is 23.3 Å². The third-order valence-corrected chi connectivity index (χ3v) is 3.67. The van der Waals surface area contributed by atoms with Crippen molar-refractivity contribution in [3.05, 3.63) is 11.8 Å². The Morgan fingerprint density at radius 3 is 2.86 bits per heavy atom. The molecular weight excluding hydrogens is 196 g/mol. The van der Waals surface area contributed by atoms with Gasteiger partial charge in [0.1, 0.15) is 0 Å². The highest BCUT2D eigenvalue weighted by Gasteiger charge is 2.18. The van der Waals surface area contributed by atoms with Crippen LogP contribution in [0.5, 0.6) is 0 Å². The first-order chi connectivity index (χ1) is 6.77. The first-order valence-corrected chi connectivity index (χ1v) is 5.89. The van der Waals surface area contributed by atoms with Crippen molar-refractivity contribution in [3.63, 3.8) is 0 Å². The van der Waals surface area contributed by atoms with Gasteiger partial charge in [-0.2, -0.15) is 16.9 Å². The van der Waals surface area contributed by atoms with Crippen LogP contribution in [0.3, 0.4) is 0 Å². The number of nitrogen functional groups attached to an aromatic ring is 2. The van der Waals surface area contributed by atoms with Gasteiger partial charge in [0.15, 0.2) is 5.82 Å². The number of nitrogens with zero attached hydrogens (tertiary/aromatic N) is 2. The highest BCUT2D eigenvalue weighted by Crippen LogP contribution is 2.30. The minimum Gasteiger partial charge on any atom is -0.396 e. The van der Waals surface area contributed by atoms with Gasteiger partial charge in [-0.25, -0.2) is 0 Å². The van der Waals surface area contributed by atoms with Crippen LogP contribution in [-0.2, 0) is 0 Å². The SMILES string of the molecule is Nc1cc(C2CCCSC2)nnc1N. The number of rotatable bonds is 1. The van der Waals surface area contributed by atoms with Gasteiger partial charge in [0, 0.05) is 11.7 Å².